The second-order valence-electron chi connectivity index (χ2n) is 9.58. The minimum absolute atomic E-state index is 0.0126. The van der Waals surface area contributed by atoms with Crippen LogP contribution in [-0.2, 0) is 30.5 Å². The molecule has 2 atom stereocenters. The molecule has 0 radical (unpaired) electrons. The van der Waals surface area contributed by atoms with Crippen LogP contribution in [0.5, 0.6) is 0 Å². The van der Waals surface area contributed by atoms with E-state index in [4.69, 9.17) is 11.6 Å². The van der Waals surface area contributed by atoms with E-state index in [9.17, 15) is 22.4 Å². The van der Waals surface area contributed by atoms with Gasteiger partial charge in [0.1, 0.15) is 5.82 Å². The lowest BCUT2D eigenvalue weighted by atomic mass is 9.82. The fourth-order valence-electron chi connectivity index (χ4n) is 5.31. The molecule has 3 aromatic rings. The highest BCUT2D eigenvalue weighted by Crippen LogP contribution is 2.40. The van der Waals surface area contributed by atoms with Crippen LogP contribution in [0.15, 0.2) is 66.7 Å². The first-order chi connectivity index (χ1) is 17.7. The maximum Gasteiger partial charge on any atom is 0.416 e. The van der Waals surface area contributed by atoms with Crippen LogP contribution in [0.2, 0.25) is 5.02 Å². The number of amides is 1. The SMILES string of the molecule is O=C(NCc1ccccc1F)C1Cc2cc(C(F)(F)F)ccc2N2CCN(Cc3ccc(Cl)cc3)CC12. The number of nitrogens with zero attached hydrogens (tertiary/aromatic N) is 2. The van der Waals surface area contributed by atoms with Crippen LogP contribution in [0, 0.1) is 11.7 Å². The fourth-order valence-corrected chi connectivity index (χ4v) is 5.43. The molecule has 5 rings (SSSR count). The molecule has 2 unspecified atom stereocenters. The van der Waals surface area contributed by atoms with Crippen molar-refractivity contribution in [2.75, 3.05) is 24.5 Å². The Morgan fingerprint density at radius 1 is 1.03 bits per heavy atom. The first-order valence-corrected chi connectivity index (χ1v) is 12.5. The summed E-state index contributed by atoms with van der Waals surface area (Å²) in [5.74, 6) is -1.30. The number of benzene rings is 3. The number of carbonyl (C=O) groups excluding carboxylic acids is 1. The normalized spacial score (nSPS) is 19.8. The van der Waals surface area contributed by atoms with E-state index in [1.165, 1.54) is 12.1 Å². The molecule has 37 heavy (non-hydrogen) atoms. The number of anilines is 1. The molecular formula is C28H26ClF4N3O. The maximum atomic E-state index is 14.1. The van der Waals surface area contributed by atoms with Crippen LogP contribution in [0.25, 0.3) is 0 Å². The van der Waals surface area contributed by atoms with Gasteiger partial charge in [0.2, 0.25) is 5.91 Å². The summed E-state index contributed by atoms with van der Waals surface area (Å²) in [6.45, 7) is 2.53. The first kappa shape index (κ1) is 25.5. The van der Waals surface area contributed by atoms with Crippen molar-refractivity contribution in [1.29, 1.82) is 0 Å². The molecule has 0 aromatic heterocycles. The molecule has 1 amide bonds. The van der Waals surface area contributed by atoms with Crippen molar-refractivity contribution < 1.29 is 22.4 Å². The smallest absolute Gasteiger partial charge is 0.365 e. The lowest BCUT2D eigenvalue weighted by Gasteiger charge is -2.49. The molecule has 2 aliphatic rings. The van der Waals surface area contributed by atoms with Gasteiger partial charge in [0.25, 0.3) is 0 Å². The van der Waals surface area contributed by atoms with Crippen LogP contribution in [0.1, 0.15) is 22.3 Å². The summed E-state index contributed by atoms with van der Waals surface area (Å²) in [5, 5.41) is 3.48. The molecule has 1 saturated heterocycles. The number of halogens is 5. The van der Waals surface area contributed by atoms with Crippen LogP contribution in [0.4, 0.5) is 23.2 Å². The number of fused-ring (bicyclic) bond motifs is 3. The summed E-state index contributed by atoms with van der Waals surface area (Å²) >= 11 is 6.01. The Bertz CT molecular complexity index is 1280. The van der Waals surface area contributed by atoms with Gasteiger partial charge in [0.15, 0.2) is 0 Å². The van der Waals surface area contributed by atoms with E-state index < -0.39 is 23.5 Å². The van der Waals surface area contributed by atoms with Crippen molar-refractivity contribution in [2.24, 2.45) is 5.92 Å². The number of rotatable bonds is 5. The number of nitrogens with one attached hydrogen (secondary N) is 1. The lowest BCUT2D eigenvalue weighted by molar-refractivity contribution is -0.137. The van der Waals surface area contributed by atoms with Crippen LogP contribution in [-0.4, -0.2) is 36.5 Å². The van der Waals surface area contributed by atoms with Crippen molar-refractivity contribution in [3.8, 4) is 0 Å². The Morgan fingerprint density at radius 2 is 1.78 bits per heavy atom. The van der Waals surface area contributed by atoms with Crippen molar-refractivity contribution in [1.82, 2.24) is 10.2 Å². The Hall–Kier alpha value is -3.10. The van der Waals surface area contributed by atoms with Gasteiger partial charge in [0, 0.05) is 49.0 Å². The molecule has 4 nitrogen and oxygen atoms in total. The summed E-state index contributed by atoms with van der Waals surface area (Å²) in [7, 11) is 0. The van der Waals surface area contributed by atoms with Gasteiger partial charge >= 0.3 is 6.18 Å². The molecule has 0 aliphatic carbocycles. The van der Waals surface area contributed by atoms with Gasteiger partial charge in [-0.1, -0.05) is 41.9 Å². The molecule has 0 bridgehead atoms. The quantitative estimate of drug-likeness (QED) is 0.430. The number of hydrogen-bond acceptors (Lipinski definition) is 3. The number of hydrogen-bond donors (Lipinski definition) is 1. The third-order valence-electron chi connectivity index (χ3n) is 7.19. The van der Waals surface area contributed by atoms with E-state index >= 15 is 0 Å². The molecule has 9 heteroatoms. The number of alkyl halides is 3. The van der Waals surface area contributed by atoms with Crippen LogP contribution >= 0.6 is 11.6 Å². The zero-order valence-electron chi connectivity index (χ0n) is 19.9. The van der Waals surface area contributed by atoms with Crippen molar-refractivity contribution in [3.63, 3.8) is 0 Å². The van der Waals surface area contributed by atoms with E-state index in [1.54, 1.807) is 18.2 Å². The van der Waals surface area contributed by atoms with Gasteiger partial charge < -0.3 is 10.2 Å². The Kier molecular flexibility index (Phi) is 7.14. The van der Waals surface area contributed by atoms with E-state index in [1.807, 2.05) is 24.3 Å². The highest BCUT2D eigenvalue weighted by molar-refractivity contribution is 6.30. The second kappa shape index (κ2) is 10.3. The van der Waals surface area contributed by atoms with Gasteiger partial charge in [-0.2, -0.15) is 13.2 Å². The van der Waals surface area contributed by atoms with E-state index in [-0.39, 0.29) is 24.9 Å². The molecule has 0 spiro atoms. The van der Waals surface area contributed by atoms with Crippen LogP contribution in [0.3, 0.4) is 0 Å². The third kappa shape index (κ3) is 5.60. The second-order valence-corrected chi connectivity index (χ2v) is 10.0. The zero-order chi connectivity index (χ0) is 26.2. The summed E-state index contributed by atoms with van der Waals surface area (Å²) < 4.78 is 54.4. The fraction of sp³-hybridized carbons (Fsp3) is 0.321. The maximum absolute atomic E-state index is 14.1. The van der Waals surface area contributed by atoms with Gasteiger partial charge in [-0.3, -0.25) is 9.69 Å². The molecule has 1 fully saturated rings. The van der Waals surface area contributed by atoms with Gasteiger partial charge in [-0.05, 0) is 53.9 Å². The Labute approximate surface area is 217 Å². The molecule has 0 saturated carbocycles. The molecular weight excluding hydrogens is 506 g/mol. The molecule has 3 aromatic carbocycles. The summed E-state index contributed by atoms with van der Waals surface area (Å²) in [5.41, 5.74) is 1.96. The molecule has 1 N–H and O–H groups in total. The zero-order valence-corrected chi connectivity index (χ0v) is 20.7. The topological polar surface area (TPSA) is 35.6 Å². The molecule has 194 valence electrons. The minimum Gasteiger partial charge on any atom is -0.365 e. The van der Waals surface area contributed by atoms with Crippen molar-refractivity contribution in [3.05, 3.63) is 99.8 Å². The van der Waals surface area contributed by atoms with Gasteiger partial charge in [0.05, 0.1) is 17.5 Å². The predicted octanol–water partition coefficient (Wildman–Crippen LogP) is 5.68. The molecule has 2 heterocycles. The predicted molar refractivity (Wildman–Crippen MR) is 135 cm³/mol. The van der Waals surface area contributed by atoms with E-state index in [0.29, 0.717) is 42.3 Å². The lowest BCUT2D eigenvalue weighted by Crippen LogP contribution is -2.60. The number of piperazine rings is 1. The monoisotopic (exact) mass is 531 g/mol. The van der Waals surface area contributed by atoms with Crippen molar-refractivity contribution >= 4 is 23.2 Å². The van der Waals surface area contributed by atoms with Crippen molar-refractivity contribution in [2.45, 2.75) is 31.7 Å². The van der Waals surface area contributed by atoms with E-state index in [0.717, 1.165) is 23.4 Å². The molecule has 2 aliphatic heterocycles. The Balaban J connectivity index is 1.40. The van der Waals surface area contributed by atoms with Gasteiger partial charge in [-0.15, -0.1) is 0 Å². The van der Waals surface area contributed by atoms with Crippen LogP contribution < -0.4 is 10.2 Å². The summed E-state index contributed by atoms with van der Waals surface area (Å²) in [6.07, 6.45) is -4.29. The average Bonchev–Trinajstić information content (AvgIpc) is 2.88. The average molecular weight is 532 g/mol. The largest absolute Gasteiger partial charge is 0.416 e. The summed E-state index contributed by atoms with van der Waals surface area (Å²) in [6, 6.07) is 17.3. The highest BCUT2D eigenvalue weighted by Gasteiger charge is 2.42. The summed E-state index contributed by atoms with van der Waals surface area (Å²) in [4.78, 5) is 17.7. The number of carbonyl (C=O) groups is 1. The first-order valence-electron chi connectivity index (χ1n) is 12.1. The minimum atomic E-state index is -4.47. The Morgan fingerprint density at radius 3 is 2.51 bits per heavy atom. The standard InChI is InChI=1S/C28H26ClF4N3O/c29-22-8-5-18(6-9-22)16-35-11-12-36-25-10-7-21(28(31,32)33)13-20(25)14-23(26(36)17-35)27(37)34-15-19-3-1-2-4-24(19)30/h1-10,13,23,26H,11-12,14-17H2,(H,34,37). The van der Waals surface area contributed by atoms with E-state index in [2.05, 4.69) is 15.1 Å². The van der Waals surface area contributed by atoms with Gasteiger partial charge in [-0.25, -0.2) is 4.39 Å². The third-order valence-corrected chi connectivity index (χ3v) is 7.44. The highest BCUT2D eigenvalue weighted by atomic mass is 35.5.